The van der Waals surface area contributed by atoms with Crippen molar-refractivity contribution < 1.29 is 4.79 Å². The number of piperazine rings is 1. The second-order valence-corrected chi connectivity index (χ2v) is 7.30. The molecule has 2 aliphatic rings. The molecule has 1 aromatic heterocycles. The van der Waals surface area contributed by atoms with Gasteiger partial charge in [0.15, 0.2) is 0 Å². The number of anilines is 1. The van der Waals surface area contributed by atoms with E-state index >= 15 is 0 Å². The monoisotopic (exact) mass is 348 g/mol. The van der Waals surface area contributed by atoms with Crippen LogP contribution in [0.1, 0.15) is 38.5 Å². The molecule has 1 aliphatic heterocycles. The molecule has 1 saturated carbocycles. The standard InChI is InChI=1S/C18H28N4O3/c1-19-15(13-17(24)20(2)18(19)25)21-9-11-22(12-10-21)16(23)8-7-14-5-3-4-6-14/h13-14H,3-12H2,1-2H3. The number of amides is 1. The number of nitrogens with zero attached hydrogens (tertiary/aromatic N) is 4. The van der Waals surface area contributed by atoms with Crippen molar-refractivity contribution in [1.82, 2.24) is 14.0 Å². The van der Waals surface area contributed by atoms with Gasteiger partial charge in [0.2, 0.25) is 5.91 Å². The maximum absolute atomic E-state index is 12.4. The fourth-order valence-corrected chi connectivity index (χ4v) is 3.99. The van der Waals surface area contributed by atoms with Crippen molar-refractivity contribution in [3.05, 3.63) is 26.9 Å². The molecule has 7 heteroatoms. The zero-order valence-electron chi connectivity index (χ0n) is 15.2. The topological polar surface area (TPSA) is 67.5 Å². The number of carbonyl (C=O) groups is 1. The summed E-state index contributed by atoms with van der Waals surface area (Å²) < 4.78 is 2.60. The summed E-state index contributed by atoms with van der Waals surface area (Å²) in [6.07, 6.45) is 6.84. The Hall–Kier alpha value is -2.05. The van der Waals surface area contributed by atoms with E-state index < -0.39 is 0 Å². The van der Waals surface area contributed by atoms with Crippen LogP contribution in [0.5, 0.6) is 0 Å². The van der Waals surface area contributed by atoms with Gasteiger partial charge in [-0.1, -0.05) is 25.7 Å². The zero-order chi connectivity index (χ0) is 18.0. The molecule has 0 spiro atoms. The molecular formula is C18H28N4O3. The number of hydrogen-bond donors (Lipinski definition) is 0. The van der Waals surface area contributed by atoms with Gasteiger partial charge in [0.25, 0.3) is 5.56 Å². The van der Waals surface area contributed by atoms with Gasteiger partial charge in [0, 0.05) is 52.8 Å². The summed E-state index contributed by atoms with van der Waals surface area (Å²) in [5, 5.41) is 0. The van der Waals surface area contributed by atoms with E-state index in [1.165, 1.54) is 43.4 Å². The molecule has 25 heavy (non-hydrogen) atoms. The molecule has 0 radical (unpaired) electrons. The summed E-state index contributed by atoms with van der Waals surface area (Å²) in [7, 11) is 3.16. The predicted molar refractivity (Wildman–Crippen MR) is 96.9 cm³/mol. The van der Waals surface area contributed by atoms with Crippen LogP contribution in [0.3, 0.4) is 0 Å². The van der Waals surface area contributed by atoms with Crippen molar-refractivity contribution in [2.45, 2.75) is 38.5 Å². The fraction of sp³-hybridized carbons (Fsp3) is 0.722. The minimum Gasteiger partial charge on any atom is -0.354 e. The Morgan fingerprint density at radius 3 is 2.32 bits per heavy atom. The SMILES string of the molecule is Cn1c(N2CCN(C(=O)CCC3CCCC3)CC2)cc(=O)n(C)c1=O. The lowest BCUT2D eigenvalue weighted by Crippen LogP contribution is -2.51. The molecule has 3 rings (SSSR count). The molecular weight excluding hydrogens is 320 g/mol. The molecule has 2 heterocycles. The van der Waals surface area contributed by atoms with E-state index in [-0.39, 0.29) is 17.2 Å². The van der Waals surface area contributed by atoms with Crippen LogP contribution in [0.4, 0.5) is 5.82 Å². The van der Waals surface area contributed by atoms with Crippen molar-refractivity contribution in [3.8, 4) is 0 Å². The third kappa shape index (κ3) is 3.80. The quantitative estimate of drug-likeness (QED) is 0.803. The Bertz CT molecular complexity index is 738. The molecule has 138 valence electrons. The van der Waals surface area contributed by atoms with Crippen molar-refractivity contribution in [1.29, 1.82) is 0 Å². The molecule has 2 fully saturated rings. The van der Waals surface area contributed by atoms with Crippen LogP contribution in [0.25, 0.3) is 0 Å². The van der Waals surface area contributed by atoms with E-state index in [2.05, 4.69) is 0 Å². The first kappa shape index (κ1) is 17.8. The van der Waals surface area contributed by atoms with Crippen molar-refractivity contribution in [3.63, 3.8) is 0 Å². The molecule has 1 aromatic rings. The van der Waals surface area contributed by atoms with Crippen molar-refractivity contribution >= 4 is 11.7 Å². The van der Waals surface area contributed by atoms with Crippen molar-refractivity contribution in [2.75, 3.05) is 31.1 Å². The van der Waals surface area contributed by atoms with Crippen LogP contribution >= 0.6 is 0 Å². The van der Waals surface area contributed by atoms with Crippen LogP contribution in [0.15, 0.2) is 15.7 Å². The molecule has 0 atom stereocenters. The molecule has 1 saturated heterocycles. The van der Waals surface area contributed by atoms with Gasteiger partial charge in [0.1, 0.15) is 5.82 Å². The second kappa shape index (κ2) is 7.45. The third-order valence-electron chi connectivity index (χ3n) is 5.70. The first-order valence-corrected chi connectivity index (χ1v) is 9.27. The van der Waals surface area contributed by atoms with Crippen molar-refractivity contribution in [2.24, 2.45) is 20.0 Å². The lowest BCUT2D eigenvalue weighted by molar-refractivity contribution is -0.131. The van der Waals surface area contributed by atoms with Gasteiger partial charge in [-0.2, -0.15) is 0 Å². The van der Waals surface area contributed by atoms with Gasteiger partial charge in [-0.25, -0.2) is 4.79 Å². The Morgan fingerprint density at radius 1 is 1.04 bits per heavy atom. The Labute approximate surface area is 147 Å². The third-order valence-corrected chi connectivity index (χ3v) is 5.70. The van der Waals surface area contributed by atoms with E-state index in [0.29, 0.717) is 38.4 Å². The lowest BCUT2D eigenvalue weighted by atomic mass is 10.0. The number of rotatable bonds is 4. The summed E-state index contributed by atoms with van der Waals surface area (Å²) >= 11 is 0. The first-order valence-electron chi connectivity index (χ1n) is 9.27. The molecule has 0 bridgehead atoms. The van der Waals surface area contributed by atoms with E-state index in [9.17, 15) is 14.4 Å². The second-order valence-electron chi connectivity index (χ2n) is 7.30. The van der Waals surface area contributed by atoms with Gasteiger partial charge < -0.3 is 9.80 Å². The summed E-state index contributed by atoms with van der Waals surface area (Å²) in [6, 6.07) is 1.50. The van der Waals surface area contributed by atoms with Gasteiger partial charge in [0.05, 0.1) is 0 Å². The number of aromatic nitrogens is 2. The minimum absolute atomic E-state index is 0.240. The van der Waals surface area contributed by atoms with Gasteiger partial charge in [-0.05, 0) is 12.3 Å². The van der Waals surface area contributed by atoms with Crippen LogP contribution in [0.2, 0.25) is 0 Å². The van der Waals surface area contributed by atoms with Crippen LogP contribution in [-0.4, -0.2) is 46.1 Å². The van der Waals surface area contributed by atoms with E-state index in [0.717, 1.165) is 16.9 Å². The van der Waals surface area contributed by atoms with Crippen LogP contribution < -0.4 is 16.1 Å². The maximum atomic E-state index is 12.4. The molecule has 7 nitrogen and oxygen atoms in total. The summed E-state index contributed by atoms with van der Waals surface area (Å²) in [5.41, 5.74) is -0.620. The van der Waals surface area contributed by atoms with E-state index in [1.54, 1.807) is 7.05 Å². The highest BCUT2D eigenvalue weighted by Crippen LogP contribution is 2.28. The van der Waals surface area contributed by atoms with E-state index in [4.69, 9.17) is 0 Å². The molecule has 0 aromatic carbocycles. The summed E-state index contributed by atoms with van der Waals surface area (Å²) in [5.74, 6) is 1.61. The fourth-order valence-electron chi connectivity index (χ4n) is 3.99. The molecule has 1 amide bonds. The highest BCUT2D eigenvalue weighted by molar-refractivity contribution is 5.76. The average molecular weight is 348 g/mol. The smallest absolute Gasteiger partial charge is 0.332 e. The summed E-state index contributed by atoms with van der Waals surface area (Å²) in [6.45, 7) is 2.59. The van der Waals surface area contributed by atoms with Gasteiger partial charge in [-0.15, -0.1) is 0 Å². The molecule has 0 N–H and O–H groups in total. The Kier molecular flexibility index (Phi) is 5.30. The number of hydrogen-bond acceptors (Lipinski definition) is 4. The maximum Gasteiger partial charge on any atom is 0.332 e. The van der Waals surface area contributed by atoms with Crippen LogP contribution in [-0.2, 0) is 18.9 Å². The highest BCUT2D eigenvalue weighted by atomic mass is 16.2. The highest BCUT2D eigenvalue weighted by Gasteiger charge is 2.24. The Morgan fingerprint density at radius 2 is 1.68 bits per heavy atom. The van der Waals surface area contributed by atoms with Gasteiger partial charge >= 0.3 is 5.69 Å². The lowest BCUT2D eigenvalue weighted by Gasteiger charge is -2.36. The summed E-state index contributed by atoms with van der Waals surface area (Å²) in [4.78, 5) is 40.3. The normalized spacial score (nSPS) is 18.8. The number of carbonyl (C=O) groups excluding carboxylic acids is 1. The van der Waals surface area contributed by atoms with Crippen LogP contribution in [0, 0.1) is 5.92 Å². The molecule has 0 unspecified atom stereocenters. The predicted octanol–water partition coefficient (Wildman–Crippen LogP) is 0.703. The Balaban J connectivity index is 1.57. The first-order chi connectivity index (χ1) is 12.0. The minimum atomic E-state index is -0.322. The zero-order valence-corrected chi connectivity index (χ0v) is 15.2. The van der Waals surface area contributed by atoms with Gasteiger partial charge in [-0.3, -0.25) is 18.7 Å². The van der Waals surface area contributed by atoms with E-state index in [1.807, 2.05) is 9.80 Å². The average Bonchev–Trinajstić information content (AvgIpc) is 3.14. The largest absolute Gasteiger partial charge is 0.354 e. The molecule has 1 aliphatic carbocycles.